The molecule has 100 valence electrons. The van der Waals surface area contributed by atoms with Crippen molar-refractivity contribution < 1.29 is 0 Å². The van der Waals surface area contributed by atoms with E-state index in [2.05, 4.69) is 23.6 Å². The molecule has 1 aliphatic carbocycles. The number of nitrogens with zero attached hydrogens (tertiary/aromatic N) is 2. The van der Waals surface area contributed by atoms with Gasteiger partial charge in [0.15, 0.2) is 0 Å². The second-order valence-electron chi connectivity index (χ2n) is 6.03. The van der Waals surface area contributed by atoms with Gasteiger partial charge in [0.05, 0.1) is 0 Å². The van der Waals surface area contributed by atoms with Crippen molar-refractivity contribution in [3.05, 3.63) is 0 Å². The summed E-state index contributed by atoms with van der Waals surface area (Å²) in [7, 11) is 0. The molecule has 0 amide bonds. The summed E-state index contributed by atoms with van der Waals surface area (Å²) in [5.41, 5.74) is 6.35. The molecule has 2 rings (SSSR count). The maximum absolute atomic E-state index is 6.35. The molecule has 0 spiro atoms. The fourth-order valence-electron chi connectivity index (χ4n) is 3.36. The molecule has 2 aliphatic rings. The largest absolute Gasteiger partial charge is 0.326 e. The zero-order chi connectivity index (χ0) is 12.3. The zero-order valence-corrected chi connectivity index (χ0v) is 11.6. The van der Waals surface area contributed by atoms with Crippen molar-refractivity contribution in [1.82, 2.24) is 9.80 Å². The number of hydrogen-bond acceptors (Lipinski definition) is 3. The third kappa shape index (κ3) is 3.43. The minimum atomic E-state index is 0.420. The lowest BCUT2D eigenvalue weighted by atomic mass is 10.0. The average Bonchev–Trinajstić information content (AvgIpc) is 2.54. The van der Waals surface area contributed by atoms with E-state index in [4.69, 9.17) is 5.73 Å². The van der Waals surface area contributed by atoms with Gasteiger partial charge in [-0.1, -0.05) is 19.3 Å². The Labute approximate surface area is 106 Å². The first-order chi connectivity index (χ1) is 8.18. The third-order valence-corrected chi connectivity index (χ3v) is 4.58. The monoisotopic (exact) mass is 239 g/mol. The van der Waals surface area contributed by atoms with E-state index in [1.165, 1.54) is 58.3 Å². The van der Waals surface area contributed by atoms with Gasteiger partial charge in [-0.15, -0.1) is 0 Å². The highest BCUT2D eigenvalue weighted by Crippen LogP contribution is 2.22. The van der Waals surface area contributed by atoms with Crippen LogP contribution in [0.25, 0.3) is 0 Å². The molecule has 0 aromatic carbocycles. The molecule has 3 heteroatoms. The van der Waals surface area contributed by atoms with Crippen LogP contribution in [0.3, 0.4) is 0 Å². The van der Waals surface area contributed by atoms with Crippen molar-refractivity contribution in [3.8, 4) is 0 Å². The number of hydrogen-bond donors (Lipinski definition) is 1. The number of rotatable bonds is 2. The van der Waals surface area contributed by atoms with E-state index >= 15 is 0 Å². The van der Waals surface area contributed by atoms with Gasteiger partial charge in [-0.2, -0.15) is 0 Å². The van der Waals surface area contributed by atoms with E-state index in [1.807, 2.05) is 0 Å². The predicted octanol–water partition coefficient (Wildman–Crippen LogP) is 1.67. The Morgan fingerprint density at radius 1 is 0.941 bits per heavy atom. The lowest BCUT2D eigenvalue weighted by molar-refractivity contribution is 0.0662. The molecule has 0 aromatic rings. The molecule has 0 radical (unpaired) electrons. The van der Waals surface area contributed by atoms with E-state index in [0.29, 0.717) is 18.1 Å². The molecule has 1 heterocycles. The fourth-order valence-corrected chi connectivity index (χ4v) is 3.36. The number of nitrogens with two attached hydrogens (primary N) is 1. The van der Waals surface area contributed by atoms with Crippen LogP contribution in [0.5, 0.6) is 0 Å². The van der Waals surface area contributed by atoms with Gasteiger partial charge in [0.2, 0.25) is 0 Å². The van der Waals surface area contributed by atoms with Crippen LogP contribution in [-0.2, 0) is 0 Å². The molecular weight excluding hydrogens is 210 g/mol. The Hall–Kier alpha value is -0.120. The summed E-state index contributed by atoms with van der Waals surface area (Å²) >= 11 is 0. The first-order valence-electron chi connectivity index (χ1n) is 7.42. The van der Waals surface area contributed by atoms with E-state index < -0.39 is 0 Å². The van der Waals surface area contributed by atoms with Gasteiger partial charge in [-0.3, -0.25) is 9.80 Å². The smallest absolute Gasteiger partial charge is 0.0248 e. The van der Waals surface area contributed by atoms with Gasteiger partial charge >= 0.3 is 0 Å². The lowest BCUT2D eigenvalue weighted by Gasteiger charge is -2.42. The molecule has 2 N–H and O–H groups in total. The van der Waals surface area contributed by atoms with Crippen LogP contribution in [0.1, 0.15) is 46.0 Å². The van der Waals surface area contributed by atoms with Gasteiger partial charge in [-0.05, 0) is 26.7 Å². The molecule has 2 fully saturated rings. The van der Waals surface area contributed by atoms with Crippen LogP contribution in [0.4, 0.5) is 0 Å². The minimum absolute atomic E-state index is 0.420. The van der Waals surface area contributed by atoms with Crippen molar-refractivity contribution in [2.75, 3.05) is 26.2 Å². The van der Waals surface area contributed by atoms with Crippen LogP contribution in [0, 0.1) is 0 Å². The number of piperazine rings is 1. The van der Waals surface area contributed by atoms with Crippen molar-refractivity contribution in [1.29, 1.82) is 0 Å². The zero-order valence-electron chi connectivity index (χ0n) is 11.6. The van der Waals surface area contributed by atoms with Gasteiger partial charge in [0.1, 0.15) is 0 Å². The van der Waals surface area contributed by atoms with Crippen LogP contribution in [-0.4, -0.2) is 54.1 Å². The van der Waals surface area contributed by atoms with Gasteiger partial charge in [0.25, 0.3) is 0 Å². The molecule has 17 heavy (non-hydrogen) atoms. The standard InChI is InChI=1S/C14H29N3/c1-12(2)16-8-10-17(11-9-16)14-7-5-3-4-6-13(14)15/h12-14H,3-11,15H2,1-2H3/t13-,14-/m0/s1. The van der Waals surface area contributed by atoms with Crippen LogP contribution >= 0.6 is 0 Å². The summed E-state index contributed by atoms with van der Waals surface area (Å²) in [6.45, 7) is 9.48. The molecule has 1 saturated heterocycles. The Morgan fingerprint density at radius 3 is 2.24 bits per heavy atom. The maximum Gasteiger partial charge on any atom is 0.0248 e. The Bertz CT molecular complexity index is 222. The normalized spacial score (nSPS) is 33.9. The Morgan fingerprint density at radius 2 is 1.59 bits per heavy atom. The van der Waals surface area contributed by atoms with Crippen LogP contribution in [0.2, 0.25) is 0 Å². The van der Waals surface area contributed by atoms with Crippen molar-refractivity contribution in [3.63, 3.8) is 0 Å². The molecule has 0 aromatic heterocycles. The molecule has 1 saturated carbocycles. The average molecular weight is 239 g/mol. The summed E-state index contributed by atoms with van der Waals surface area (Å²) in [6.07, 6.45) is 6.65. The molecule has 0 bridgehead atoms. The highest BCUT2D eigenvalue weighted by Gasteiger charge is 2.29. The van der Waals surface area contributed by atoms with E-state index in [1.54, 1.807) is 0 Å². The minimum Gasteiger partial charge on any atom is -0.326 e. The summed E-state index contributed by atoms with van der Waals surface area (Å²) in [6, 6.07) is 1.77. The van der Waals surface area contributed by atoms with Gasteiger partial charge in [0, 0.05) is 44.3 Å². The van der Waals surface area contributed by atoms with Crippen molar-refractivity contribution in [2.24, 2.45) is 5.73 Å². The van der Waals surface area contributed by atoms with Crippen LogP contribution < -0.4 is 5.73 Å². The fraction of sp³-hybridized carbons (Fsp3) is 1.00. The highest BCUT2D eigenvalue weighted by atomic mass is 15.3. The Balaban J connectivity index is 1.86. The van der Waals surface area contributed by atoms with Crippen molar-refractivity contribution in [2.45, 2.75) is 64.1 Å². The lowest BCUT2D eigenvalue weighted by Crippen LogP contribution is -2.56. The molecular formula is C14H29N3. The highest BCUT2D eigenvalue weighted by molar-refractivity contribution is 4.87. The van der Waals surface area contributed by atoms with E-state index in [-0.39, 0.29) is 0 Å². The first-order valence-corrected chi connectivity index (χ1v) is 7.42. The second-order valence-corrected chi connectivity index (χ2v) is 6.03. The summed E-state index contributed by atoms with van der Waals surface area (Å²) in [5, 5.41) is 0. The second kappa shape index (κ2) is 6.17. The molecule has 2 atom stereocenters. The molecule has 3 nitrogen and oxygen atoms in total. The van der Waals surface area contributed by atoms with Gasteiger partial charge in [-0.25, -0.2) is 0 Å². The topological polar surface area (TPSA) is 32.5 Å². The van der Waals surface area contributed by atoms with E-state index in [9.17, 15) is 0 Å². The SMILES string of the molecule is CC(C)N1CCN([C@H]2CCCCC[C@@H]2N)CC1. The summed E-state index contributed by atoms with van der Waals surface area (Å²) in [4.78, 5) is 5.24. The third-order valence-electron chi connectivity index (χ3n) is 4.58. The molecule has 1 aliphatic heterocycles. The summed E-state index contributed by atoms with van der Waals surface area (Å²) in [5.74, 6) is 0. The predicted molar refractivity (Wildman–Crippen MR) is 73.1 cm³/mol. The van der Waals surface area contributed by atoms with Gasteiger partial charge < -0.3 is 5.73 Å². The first kappa shape index (κ1) is 13.3. The Kier molecular flexibility index (Phi) is 4.83. The van der Waals surface area contributed by atoms with E-state index in [0.717, 1.165) is 0 Å². The quantitative estimate of drug-likeness (QED) is 0.744. The molecule has 0 unspecified atom stereocenters. The maximum atomic E-state index is 6.35. The summed E-state index contributed by atoms with van der Waals surface area (Å²) < 4.78 is 0. The van der Waals surface area contributed by atoms with Crippen LogP contribution in [0.15, 0.2) is 0 Å². The van der Waals surface area contributed by atoms with Crippen molar-refractivity contribution >= 4 is 0 Å².